The van der Waals surface area contributed by atoms with Gasteiger partial charge in [0.1, 0.15) is 0 Å². The molecule has 0 saturated carbocycles. The Balaban J connectivity index is 0. The highest BCUT2D eigenvalue weighted by atomic mass is 15.1. The minimum Gasteiger partial charge on any atom is -0.285 e. The van der Waals surface area contributed by atoms with Crippen molar-refractivity contribution >= 4 is 6.21 Å². The van der Waals surface area contributed by atoms with E-state index in [1.54, 1.807) is 0 Å². The fourth-order valence-corrected chi connectivity index (χ4v) is 1.32. The molecule has 0 bridgehead atoms. The lowest BCUT2D eigenvalue weighted by Gasteiger charge is -2.01. The fourth-order valence-electron chi connectivity index (χ4n) is 1.32. The molecule has 0 aliphatic carbocycles. The quantitative estimate of drug-likeness (QED) is 0.753. The molecule has 2 rings (SSSR count). The summed E-state index contributed by atoms with van der Waals surface area (Å²) in [7, 11) is 0. The van der Waals surface area contributed by atoms with E-state index >= 15 is 0 Å². The van der Waals surface area contributed by atoms with Gasteiger partial charge in [-0.3, -0.25) is 10.1 Å². The minimum atomic E-state index is 0.591. The molecule has 0 unspecified atom stereocenters. The van der Waals surface area contributed by atoms with Crippen molar-refractivity contribution < 1.29 is 0 Å². The van der Waals surface area contributed by atoms with E-state index in [0.717, 1.165) is 6.42 Å². The predicted molar refractivity (Wildman–Crippen MR) is 91.4 cm³/mol. The largest absolute Gasteiger partial charge is 0.285 e. The molecule has 1 aromatic heterocycles. The van der Waals surface area contributed by atoms with Gasteiger partial charge in [-0.25, -0.2) is 0 Å². The minimum absolute atomic E-state index is 0.591. The van der Waals surface area contributed by atoms with Crippen LogP contribution in [0.2, 0.25) is 0 Å². The maximum atomic E-state index is 4.00. The zero-order valence-corrected chi connectivity index (χ0v) is 14.6. The number of aromatic amines is 1. The average Bonchev–Trinajstić information content (AvgIpc) is 3.17. The first-order valence-electron chi connectivity index (χ1n) is 7.80. The molecule has 0 atom stereocenters. The summed E-state index contributed by atoms with van der Waals surface area (Å²) in [6.45, 7) is 16.7. The molecule has 0 aromatic carbocycles. The lowest BCUT2D eigenvalue weighted by atomic mass is 10.0. The third-order valence-electron chi connectivity index (χ3n) is 2.60. The molecule has 1 N–H and O–H groups in total. The molecule has 1 aliphatic rings. The van der Waals surface area contributed by atoms with E-state index in [1.165, 1.54) is 11.1 Å². The van der Waals surface area contributed by atoms with Gasteiger partial charge in [0, 0.05) is 25.0 Å². The van der Waals surface area contributed by atoms with Crippen LogP contribution in [0.4, 0.5) is 0 Å². The van der Waals surface area contributed by atoms with Crippen LogP contribution in [0.15, 0.2) is 29.2 Å². The lowest BCUT2D eigenvalue weighted by molar-refractivity contribution is 0.759. The van der Waals surface area contributed by atoms with E-state index in [4.69, 9.17) is 0 Å². The second kappa shape index (κ2) is 14.0. The van der Waals surface area contributed by atoms with Crippen LogP contribution in [0, 0.1) is 5.92 Å². The molecule has 20 heavy (non-hydrogen) atoms. The van der Waals surface area contributed by atoms with Gasteiger partial charge in [0.15, 0.2) is 0 Å². The van der Waals surface area contributed by atoms with E-state index in [0.29, 0.717) is 11.8 Å². The summed E-state index contributed by atoms with van der Waals surface area (Å²) in [5.41, 5.74) is 2.72. The van der Waals surface area contributed by atoms with Crippen LogP contribution in [0.1, 0.15) is 73.3 Å². The van der Waals surface area contributed by atoms with E-state index in [-0.39, 0.29) is 0 Å². The van der Waals surface area contributed by atoms with E-state index in [2.05, 4.69) is 42.9 Å². The van der Waals surface area contributed by atoms with Crippen LogP contribution >= 0.6 is 0 Å². The zero-order valence-electron chi connectivity index (χ0n) is 14.6. The number of nitrogens with one attached hydrogen (secondary N) is 1. The second-order valence-corrected chi connectivity index (χ2v) is 4.58. The highest BCUT2D eigenvalue weighted by molar-refractivity contribution is 5.65. The number of aliphatic imine (C=N–C) groups is 1. The molecule has 116 valence electrons. The highest BCUT2D eigenvalue weighted by Gasteiger charge is 2.03. The highest BCUT2D eigenvalue weighted by Crippen LogP contribution is 2.15. The number of rotatable bonds is 2. The lowest BCUT2D eigenvalue weighted by Crippen LogP contribution is -1.89. The van der Waals surface area contributed by atoms with Crippen molar-refractivity contribution in [3.8, 4) is 0 Å². The summed E-state index contributed by atoms with van der Waals surface area (Å²) < 4.78 is 0. The molecular weight excluding hydrogens is 246 g/mol. The first kappa shape index (κ1) is 20.9. The van der Waals surface area contributed by atoms with Crippen molar-refractivity contribution in [3.05, 3.63) is 29.7 Å². The molecule has 3 heteroatoms. The second-order valence-electron chi connectivity index (χ2n) is 4.58. The number of hydrogen-bond acceptors (Lipinski definition) is 2. The van der Waals surface area contributed by atoms with Crippen LogP contribution < -0.4 is 0 Å². The molecule has 1 aromatic rings. The van der Waals surface area contributed by atoms with Crippen molar-refractivity contribution in [2.75, 3.05) is 0 Å². The van der Waals surface area contributed by atoms with Crippen molar-refractivity contribution in [1.29, 1.82) is 0 Å². The number of H-pyrrole nitrogens is 1. The van der Waals surface area contributed by atoms with Crippen LogP contribution in [0.5, 0.6) is 0 Å². The van der Waals surface area contributed by atoms with Gasteiger partial charge in [-0.1, -0.05) is 55.4 Å². The molecule has 0 amide bonds. The average molecular weight is 279 g/mol. The summed E-state index contributed by atoms with van der Waals surface area (Å²) in [5, 5.41) is 6.58. The number of hydrogen-bond donors (Lipinski definition) is 1. The van der Waals surface area contributed by atoms with Gasteiger partial charge < -0.3 is 0 Å². The normalized spacial score (nSPS) is 11.8. The Hall–Kier alpha value is -1.38. The van der Waals surface area contributed by atoms with Gasteiger partial charge in [0.2, 0.25) is 0 Å². The van der Waals surface area contributed by atoms with Crippen molar-refractivity contribution in [3.63, 3.8) is 0 Å². The van der Waals surface area contributed by atoms with E-state index in [9.17, 15) is 0 Å². The monoisotopic (exact) mass is 279 g/mol. The molecular formula is C17H33N3. The molecule has 0 saturated heterocycles. The molecule has 0 fully saturated rings. The van der Waals surface area contributed by atoms with Crippen molar-refractivity contribution in [2.45, 2.75) is 67.7 Å². The fraction of sp³-hybridized carbons (Fsp3) is 0.647. The Labute approximate surface area is 125 Å². The smallest absolute Gasteiger partial charge is 0.0521 e. The Morgan fingerprint density at radius 2 is 1.60 bits per heavy atom. The van der Waals surface area contributed by atoms with E-state index in [1.807, 2.05) is 52.5 Å². The van der Waals surface area contributed by atoms with Crippen LogP contribution in [-0.2, 0) is 0 Å². The summed E-state index contributed by atoms with van der Waals surface area (Å²) >= 11 is 0. The van der Waals surface area contributed by atoms with Crippen LogP contribution in [0.25, 0.3) is 0 Å². The Morgan fingerprint density at radius 1 is 1.00 bits per heavy atom. The summed E-state index contributed by atoms with van der Waals surface area (Å²) in [4.78, 5) is 4.00. The number of aromatic nitrogens is 2. The Morgan fingerprint density at radius 3 is 1.80 bits per heavy atom. The van der Waals surface area contributed by atoms with Crippen molar-refractivity contribution in [1.82, 2.24) is 10.2 Å². The summed E-state index contributed by atoms with van der Waals surface area (Å²) in [6, 6.07) is 0. The number of allylic oxidation sites excluding steroid dienone is 1. The van der Waals surface area contributed by atoms with Gasteiger partial charge in [-0.2, -0.15) is 5.10 Å². The Kier molecular flexibility index (Phi) is 14.7. The standard InChI is InChI=1S/C7H11N.C6H10N2.2C2H6/c1-6(2)7-3-4-8-5-7;1-5(2)6-3-7-8-4-6;2*1-2/h4-6H,3H2,1-2H3;3-5H,1-2H3,(H,7,8);2*1-2H3. The van der Waals surface area contributed by atoms with Gasteiger partial charge in [0.05, 0.1) is 6.20 Å². The first-order valence-corrected chi connectivity index (χ1v) is 7.80. The van der Waals surface area contributed by atoms with Gasteiger partial charge >= 0.3 is 0 Å². The summed E-state index contributed by atoms with van der Waals surface area (Å²) in [5.74, 6) is 1.27. The third kappa shape index (κ3) is 9.54. The Bertz CT molecular complexity index is 346. The molecule has 3 nitrogen and oxygen atoms in total. The van der Waals surface area contributed by atoms with Gasteiger partial charge in [-0.05, 0) is 23.0 Å². The first-order chi connectivity index (χ1) is 9.61. The zero-order chi connectivity index (χ0) is 16.0. The maximum Gasteiger partial charge on any atom is 0.0521 e. The van der Waals surface area contributed by atoms with E-state index < -0.39 is 0 Å². The predicted octanol–water partition coefficient (Wildman–Crippen LogP) is 5.59. The SMILES string of the molecule is CC.CC.CC(C)C1=CN=CC1.CC(C)c1cn[nH]c1. The topological polar surface area (TPSA) is 41.0 Å². The molecule has 0 spiro atoms. The van der Waals surface area contributed by atoms with Crippen molar-refractivity contribution in [2.24, 2.45) is 10.9 Å². The maximum absolute atomic E-state index is 4.00. The molecule has 1 aliphatic heterocycles. The third-order valence-corrected chi connectivity index (χ3v) is 2.60. The molecule has 2 heterocycles. The number of nitrogens with zero attached hydrogens (tertiary/aromatic N) is 2. The van der Waals surface area contributed by atoms with Crippen LogP contribution in [-0.4, -0.2) is 16.4 Å². The summed E-state index contributed by atoms with van der Waals surface area (Å²) in [6.07, 6.45) is 8.76. The van der Waals surface area contributed by atoms with Crippen LogP contribution in [0.3, 0.4) is 0 Å². The van der Waals surface area contributed by atoms with Gasteiger partial charge in [-0.15, -0.1) is 0 Å². The molecule has 0 radical (unpaired) electrons. The van der Waals surface area contributed by atoms with Gasteiger partial charge in [0.25, 0.3) is 0 Å².